The number of allylic oxidation sites excluding steroid dienone is 3. The fourth-order valence-corrected chi connectivity index (χ4v) is 3.98. The topological polar surface area (TPSA) is 97.0 Å². The van der Waals surface area contributed by atoms with Gasteiger partial charge in [0.15, 0.2) is 0 Å². The second-order valence-corrected chi connectivity index (χ2v) is 6.79. The number of benzene rings is 1. The molecule has 0 radical (unpaired) electrons. The molecule has 138 valence electrons. The molecule has 1 aromatic carbocycles. The molecule has 0 amide bonds. The molecule has 0 saturated heterocycles. The van der Waals surface area contributed by atoms with Crippen LogP contribution in [0.3, 0.4) is 0 Å². The lowest BCUT2D eigenvalue weighted by molar-refractivity contribution is 0.340. The van der Waals surface area contributed by atoms with E-state index in [-0.39, 0.29) is 11.8 Å². The number of nitrogens with one attached hydrogen (secondary N) is 1. The summed E-state index contributed by atoms with van der Waals surface area (Å²) < 4.78 is 11.2. The minimum atomic E-state index is -0.121. The Bertz CT molecular complexity index is 934. The smallest absolute Gasteiger partial charge is 0.244 e. The first-order valence-electron chi connectivity index (χ1n) is 9.27. The maximum atomic E-state index is 9.75. The van der Waals surface area contributed by atoms with Crippen molar-refractivity contribution in [1.29, 1.82) is 5.26 Å². The van der Waals surface area contributed by atoms with Crippen LogP contribution < -0.4 is 15.2 Å². The first-order chi connectivity index (χ1) is 13.2. The van der Waals surface area contributed by atoms with Gasteiger partial charge in [-0.2, -0.15) is 5.26 Å². The van der Waals surface area contributed by atoms with Crippen molar-refractivity contribution in [3.63, 3.8) is 0 Å². The van der Waals surface area contributed by atoms with E-state index >= 15 is 0 Å². The molecule has 3 N–H and O–H groups in total. The summed E-state index contributed by atoms with van der Waals surface area (Å²) in [6.45, 7) is 2.58. The van der Waals surface area contributed by atoms with E-state index in [0.717, 1.165) is 41.8 Å². The Morgan fingerprint density at radius 3 is 2.81 bits per heavy atom. The van der Waals surface area contributed by atoms with Crippen molar-refractivity contribution < 1.29 is 9.47 Å². The number of fused-ring (bicyclic) bond motifs is 1. The monoisotopic (exact) mass is 362 g/mol. The van der Waals surface area contributed by atoms with Gasteiger partial charge in [0.05, 0.1) is 23.4 Å². The summed E-state index contributed by atoms with van der Waals surface area (Å²) in [7, 11) is 0. The summed E-state index contributed by atoms with van der Waals surface area (Å²) >= 11 is 0. The quantitative estimate of drug-likeness (QED) is 0.801. The van der Waals surface area contributed by atoms with Crippen molar-refractivity contribution in [2.24, 2.45) is 11.7 Å². The SMILES string of the molecule is CCOc1ccc(-c2[nH]nc3c2C(C2CC=CCC2)C(C#N)=C(N)O3)cc1. The Morgan fingerprint density at radius 1 is 1.33 bits per heavy atom. The molecule has 0 bridgehead atoms. The van der Waals surface area contributed by atoms with Crippen LogP contribution >= 0.6 is 0 Å². The molecular weight excluding hydrogens is 340 g/mol. The van der Waals surface area contributed by atoms with Crippen LogP contribution in [-0.4, -0.2) is 16.8 Å². The molecule has 2 heterocycles. The highest BCUT2D eigenvalue weighted by Crippen LogP contribution is 2.48. The normalized spacial score (nSPS) is 21.3. The van der Waals surface area contributed by atoms with E-state index in [4.69, 9.17) is 15.2 Å². The molecule has 4 rings (SSSR count). The average Bonchev–Trinajstić information content (AvgIpc) is 3.11. The lowest BCUT2D eigenvalue weighted by Gasteiger charge is -2.31. The molecule has 0 saturated carbocycles. The molecule has 0 fully saturated rings. The number of hydrogen-bond donors (Lipinski definition) is 2. The second kappa shape index (κ2) is 7.20. The number of rotatable bonds is 4. The van der Waals surface area contributed by atoms with Gasteiger partial charge in [-0.25, -0.2) is 0 Å². The van der Waals surface area contributed by atoms with Gasteiger partial charge in [0.1, 0.15) is 11.8 Å². The molecular formula is C21H22N4O2. The molecule has 1 aliphatic heterocycles. The van der Waals surface area contributed by atoms with Crippen molar-refractivity contribution in [3.8, 4) is 29.0 Å². The maximum Gasteiger partial charge on any atom is 0.244 e. The fraction of sp³-hybridized carbons (Fsp3) is 0.333. The molecule has 1 aliphatic carbocycles. The molecule has 1 aromatic heterocycles. The first-order valence-corrected chi connectivity index (χ1v) is 9.27. The Labute approximate surface area is 158 Å². The zero-order valence-corrected chi connectivity index (χ0v) is 15.2. The van der Waals surface area contributed by atoms with E-state index in [9.17, 15) is 5.26 Å². The summed E-state index contributed by atoms with van der Waals surface area (Å²) in [6, 6.07) is 10.1. The Balaban J connectivity index is 1.79. The lowest BCUT2D eigenvalue weighted by Crippen LogP contribution is -2.25. The molecule has 2 atom stereocenters. The molecule has 2 unspecified atom stereocenters. The number of nitrogens with two attached hydrogens (primary N) is 1. The Morgan fingerprint density at radius 2 is 2.15 bits per heavy atom. The van der Waals surface area contributed by atoms with E-state index in [1.807, 2.05) is 31.2 Å². The van der Waals surface area contributed by atoms with E-state index in [1.54, 1.807) is 0 Å². The maximum absolute atomic E-state index is 9.75. The zero-order valence-electron chi connectivity index (χ0n) is 15.2. The van der Waals surface area contributed by atoms with Gasteiger partial charge < -0.3 is 15.2 Å². The minimum Gasteiger partial charge on any atom is -0.494 e. The van der Waals surface area contributed by atoms with Crippen LogP contribution in [-0.2, 0) is 0 Å². The number of H-pyrrole nitrogens is 1. The van der Waals surface area contributed by atoms with Crippen LogP contribution in [0.2, 0.25) is 0 Å². The van der Waals surface area contributed by atoms with Gasteiger partial charge in [0, 0.05) is 11.5 Å². The van der Waals surface area contributed by atoms with Gasteiger partial charge in [-0.1, -0.05) is 12.2 Å². The average molecular weight is 362 g/mol. The molecule has 6 nitrogen and oxygen atoms in total. The van der Waals surface area contributed by atoms with E-state index in [0.29, 0.717) is 24.0 Å². The largest absolute Gasteiger partial charge is 0.494 e. The van der Waals surface area contributed by atoms with E-state index < -0.39 is 0 Å². The van der Waals surface area contributed by atoms with Gasteiger partial charge in [-0.05, 0) is 56.4 Å². The van der Waals surface area contributed by atoms with Crippen molar-refractivity contribution in [2.75, 3.05) is 6.61 Å². The Hall–Kier alpha value is -3.20. The fourth-order valence-electron chi connectivity index (χ4n) is 3.98. The van der Waals surface area contributed by atoms with Crippen molar-refractivity contribution >= 4 is 0 Å². The number of aromatic nitrogens is 2. The van der Waals surface area contributed by atoms with Gasteiger partial charge >= 0.3 is 0 Å². The summed E-state index contributed by atoms with van der Waals surface area (Å²) in [6.07, 6.45) is 7.30. The molecule has 0 spiro atoms. The summed E-state index contributed by atoms with van der Waals surface area (Å²) in [5, 5.41) is 17.2. The number of nitriles is 1. The Kier molecular flexibility index (Phi) is 4.59. The van der Waals surface area contributed by atoms with Crippen LogP contribution in [0.4, 0.5) is 0 Å². The highest BCUT2D eigenvalue weighted by molar-refractivity contribution is 5.69. The predicted molar refractivity (Wildman–Crippen MR) is 102 cm³/mol. The van der Waals surface area contributed by atoms with Crippen LogP contribution in [0.15, 0.2) is 47.9 Å². The third-order valence-electron chi connectivity index (χ3n) is 5.22. The highest BCUT2D eigenvalue weighted by atomic mass is 16.5. The molecule has 2 aromatic rings. The summed E-state index contributed by atoms with van der Waals surface area (Å²) in [4.78, 5) is 0. The lowest BCUT2D eigenvalue weighted by atomic mass is 9.74. The number of nitrogens with zero attached hydrogens (tertiary/aromatic N) is 2. The van der Waals surface area contributed by atoms with Crippen LogP contribution in [0.25, 0.3) is 11.3 Å². The third kappa shape index (κ3) is 3.06. The summed E-state index contributed by atoms with van der Waals surface area (Å²) in [5.41, 5.74) is 9.31. The number of aromatic amines is 1. The van der Waals surface area contributed by atoms with Crippen molar-refractivity contribution in [1.82, 2.24) is 10.2 Å². The predicted octanol–water partition coefficient (Wildman–Crippen LogP) is 4.00. The molecule has 2 aliphatic rings. The number of ether oxygens (including phenoxy) is 2. The van der Waals surface area contributed by atoms with Gasteiger partial charge in [0.25, 0.3) is 0 Å². The van der Waals surface area contributed by atoms with Crippen LogP contribution in [0.5, 0.6) is 11.6 Å². The van der Waals surface area contributed by atoms with Gasteiger partial charge in [-0.3, -0.25) is 5.10 Å². The van der Waals surface area contributed by atoms with Crippen molar-refractivity contribution in [2.45, 2.75) is 32.1 Å². The zero-order chi connectivity index (χ0) is 18.8. The molecule has 27 heavy (non-hydrogen) atoms. The van der Waals surface area contributed by atoms with Gasteiger partial charge in [-0.15, -0.1) is 5.10 Å². The minimum absolute atomic E-state index is 0.121. The molecule has 6 heteroatoms. The highest BCUT2D eigenvalue weighted by Gasteiger charge is 2.39. The van der Waals surface area contributed by atoms with Crippen LogP contribution in [0, 0.1) is 17.2 Å². The third-order valence-corrected chi connectivity index (χ3v) is 5.22. The first kappa shape index (κ1) is 17.2. The van der Waals surface area contributed by atoms with E-state index in [2.05, 4.69) is 28.4 Å². The number of hydrogen-bond acceptors (Lipinski definition) is 5. The van der Waals surface area contributed by atoms with Gasteiger partial charge in [0.2, 0.25) is 11.8 Å². The van der Waals surface area contributed by atoms with E-state index in [1.165, 1.54) is 0 Å². The standard InChI is InChI=1S/C21H22N4O2/c1-2-26-15-10-8-14(9-11-15)19-18-17(13-6-4-3-5-7-13)16(12-22)20(23)27-21(18)25-24-19/h3-4,8-11,13,17H,2,5-7,23H2,1H3,(H,24,25). The summed E-state index contributed by atoms with van der Waals surface area (Å²) in [5.74, 6) is 1.62. The van der Waals surface area contributed by atoms with Crippen LogP contribution in [0.1, 0.15) is 37.7 Å². The second-order valence-electron chi connectivity index (χ2n) is 6.79. The van der Waals surface area contributed by atoms with Crippen molar-refractivity contribution in [3.05, 3.63) is 53.4 Å².